The number of aliphatic carboxylic acids is 1. The zero-order valence-electron chi connectivity index (χ0n) is 10.7. The predicted octanol–water partition coefficient (Wildman–Crippen LogP) is 0.316. The maximum absolute atomic E-state index is 11.6. The second kappa shape index (κ2) is 7.38. The molecule has 0 spiro atoms. The molecule has 1 atom stereocenters. The summed E-state index contributed by atoms with van der Waals surface area (Å²) in [6, 6.07) is 9.32. The van der Waals surface area contributed by atoms with Crippen LogP contribution in [-0.4, -0.2) is 53.4 Å². The van der Waals surface area contributed by atoms with E-state index in [9.17, 15) is 9.59 Å². The van der Waals surface area contributed by atoms with Gasteiger partial charge in [0.25, 0.3) is 0 Å². The molecule has 0 saturated heterocycles. The van der Waals surface area contributed by atoms with Crippen LogP contribution in [0.2, 0.25) is 0 Å². The molecule has 1 aromatic rings. The van der Waals surface area contributed by atoms with Crippen LogP contribution in [0.25, 0.3) is 0 Å². The van der Waals surface area contributed by atoms with Gasteiger partial charge in [-0.2, -0.15) is 0 Å². The lowest BCUT2D eigenvalue weighted by molar-refractivity contribution is -0.146. The first-order valence-corrected chi connectivity index (χ1v) is 5.94. The van der Waals surface area contributed by atoms with Gasteiger partial charge in [-0.25, -0.2) is 9.59 Å². The first kappa shape index (κ1) is 15.0. The molecule has 0 aromatic heterocycles. The summed E-state index contributed by atoms with van der Waals surface area (Å²) in [4.78, 5) is 23.4. The highest BCUT2D eigenvalue weighted by Gasteiger charge is 2.15. The molecule has 104 valence electrons. The molecule has 2 amide bonds. The van der Waals surface area contributed by atoms with Crippen molar-refractivity contribution in [2.45, 2.75) is 12.5 Å². The SMILES string of the molecule is CN(CCc1ccccc1)C(=O)NC[C@H](O)C(=O)O. The molecule has 0 aliphatic carbocycles. The quantitative estimate of drug-likeness (QED) is 0.691. The molecule has 0 bridgehead atoms. The number of carbonyl (C=O) groups is 2. The average Bonchev–Trinajstić information content (AvgIpc) is 2.42. The third-order valence-electron chi connectivity index (χ3n) is 2.66. The van der Waals surface area contributed by atoms with Crippen molar-refractivity contribution in [3.63, 3.8) is 0 Å². The summed E-state index contributed by atoms with van der Waals surface area (Å²) < 4.78 is 0. The summed E-state index contributed by atoms with van der Waals surface area (Å²) in [7, 11) is 1.62. The van der Waals surface area contributed by atoms with Crippen molar-refractivity contribution in [3.05, 3.63) is 35.9 Å². The van der Waals surface area contributed by atoms with E-state index in [4.69, 9.17) is 10.2 Å². The number of nitrogens with one attached hydrogen (secondary N) is 1. The van der Waals surface area contributed by atoms with Crippen molar-refractivity contribution >= 4 is 12.0 Å². The van der Waals surface area contributed by atoms with Gasteiger partial charge < -0.3 is 20.4 Å². The van der Waals surface area contributed by atoms with E-state index in [-0.39, 0.29) is 6.54 Å². The number of nitrogens with zero attached hydrogens (tertiary/aromatic N) is 1. The Hall–Kier alpha value is -2.08. The molecule has 0 fully saturated rings. The maximum Gasteiger partial charge on any atom is 0.334 e. The minimum absolute atomic E-state index is 0.302. The molecule has 0 heterocycles. The Morgan fingerprint density at radius 1 is 1.32 bits per heavy atom. The van der Waals surface area contributed by atoms with Crippen molar-refractivity contribution in [2.75, 3.05) is 20.1 Å². The van der Waals surface area contributed by atoms with Crippen LogP contribution < -0.4 is 5.32 Å². The Morgan fingerprint density at radius 2 is 1.95 bits per heavy atom. The molecule has 6 heteroatoms. The molecule has 6 nitrogen and oxygen atoms in total. The number of amides is 2. The number of likely N-dealkylation sites (N-methyl/N-ethyl adjacent to an activating group) is 1. The van der Waals surface area contributed by atoms with Gasteiger partial charge in [-0.3, -0.25) is 0 Å². The lowest BCUT2D eigenvalue weighted by atomic mass is 10.1. The first-order chi connectivity index (χ1) is 9.00. The van der Waals surface area contributed by atoms with E-state index in [1.165, 1.54) is 4.90 Å². The summed E-state index contributed by atoms with van der Waals surface area (Å²) in [5.74, 6) is -1.35. The molecule has 0 radical (unpaired) electrons. The topological polar surface area (TPSA) is 89.9 Å². The van der Waals surface area contributed by atoms with Crippen molar-refractivity contribution in [3.8, 4) is 0 Å². The summed E-state index contributed by atoms with van der Waals surface area (Å²) >= 11 is 0. The summed E-state index contributed by atoms with van der Waals surface area (Å²) in [6.45, 7) is 0.211. The molecule has 3 N–H and O–H groups in total. The lowest BCUT2D eigenvalue weighted by Crippen LogP contribution is -2.43. The Labute approximate surface area is 111 Å². The van der Waals surface area contributed by atoms with E-state index in [1.807, 2.05) is 30.3 Å². The van der Waals surface area contributed by atoms with Crippen molar-refractivity contribution < 1.29 is 19.8 Å². The van der Waals surface area contributed by atoms with Gasteiger partial charge in [0.05, 0.1) is 6.54 Å². The smallest absolute Gasteiger partial charge is 0.334 e. The fraction of sp³-hybridized carbons (Fsp3) is 0.385. The van der Waals surface area contributed by atoms with E-state index in [1.54, 1.807) is 7.05 Å². The van der Waals surface area contributed by atoms with Crippen LogP contribution in [0.3, 0.4) is 0 Å². The van der Waals surface area contributed by atoms with Crippen molar-refractivity contribution in [1.29, 1.82) is 0 Å². The Balaban J connectivity index is 2.31. The number of urea groups is 1. The Kier molecular flexibility index (Phi) is 5.81. The van der Waals surface area contributed by atoms with E-state index >= 15 is 0 Å². The van der Waals surface area contributed by atoms with Crippen LogP contribution in [-0.2, 0) is 11.2 Å². The number of carbonyl (C=O) groups excluding carboxylic acids is 1. The molecule has 0 aliphatic rings. The normalized spacial score (nSPS) is 11.7. The van der Waals surface area contributed by atoms with Crippen molar-refractivity contribution in [2.24, 2.45) is 0 Å². The second-order valence-corrected chi connectivity index (χ2v) is 4.20. The minimum atomic E-state index is -1.58. The Morgan fingerprint density at radius 3 is 2.53 bits per heavy atom. The third kappa shape index (κ3) is 5.39. The number of aliphatic hydroxyl groups is 1. The highest BCUT2D eigenvalue weighted by molar-refractivity contribution is 5.76. The maximum atomic E-state index is 11.6. The number of aliphatic hydroxyl groups excluding tert-OH is 1. The number of hydrogen-bond acceptors (Lipinski definition) is 3. The number of rotatable bonds is 6. The zero-order chi connectivity index (χ0) is 14.3. The van der Waals surface area contributed by atoms with E-state index < -0.39 is 18.1 Å². The monoisotopic (exact) mass is 266 g/mol. The van der Waals surface area contributed by atoms with Gasteiger partial charge in [-0.1, -0.05) is 30.3 Å². The largest absolute Gasteiger partial charge is 0.479 e. The first-order valence-electron chi connectivity index (χ1n) is 5.94. The van der Waals surface area contributed by atoms with Gasteiger partial charge in [0.15, 0.2) is 6.10 Å². The van der Waals surface area contributed by atoms with E-state index in [0.717, 1.165) is 5.56 Å². The number of carboxylic acids is 1. The molecule has 0 aliphatic heterocycles. The molecule has 19 heavy (non-hydrogen) atoms. The van der Waals surface area contributed by atoms with Gasteiger partial charge >= 0.3 is 12.0 Å². The fourth-order valence-corrected chi connectivity index (χ4v) is 1.45. The highest BCUT2D eigenvalue weighted by Crippen LogP contribution is 2.00. The molecular formula is C13H18N2O4. The highest BCUT2D eigenvalue weighted by atomic mass is 16.4. The molecule has 0 saturated carbocycles. The number of benzene rings is 1. The fourth-order valence-electron chi connectivity index (χ4n) is 1.45. The molecule has 1 rings (SSSR count). The van der Waals surface area contributed by atoms with Crippen LogP contribution in [0.15, 0.2) is 30.3 Å². The van der Waals surface area contributed by atoms with Crippen LogP contribution in [0.1, 0.15) is 5.56 Å². The molecule has 1 aromatic carbocycles. The number of hydrogen-bond donors (Lipinski definition) is 3. The van der Waals surface area contributed by atoms with E-state index in [0.29, 0.717) is 13.0 Å². The Bertz CT molecular complexity index is 422. The van der Waals surface area contributed by atoms with Crippen molar-refractivity contribution in [1.82, 2.24) is 10.2 Å². The minimum Gasteiger partial charge on any atom is -0.479 e. The van der Waals surface area contributed by atoms with Crippen LogP contribution in [0.4, 0.5) is 4.79 Å². The van der Waals surface area contributed by atoms with Gasteiger partial charge in [-0.15, -0.1) is 0 Å². The zero-order valence-corrected chi connectivity index (χ0v) is 10.7. The predicted molar refractivity (Wildman–Crippen MR) is 69.8 cm³/mol. The van der Waals surface area contributed by atoms with Gasteiger partial charge in [0.1, 0.15) is 0 Å². The number of carboxylic acid groups (broad SMARTS) is 1. The lowest BCUT2D eigenvalue weighted by Gasteiger charge is -2.18. The summed E-state index contributed by atoms with van der Waals surface area (Å²) in [6.07, 6.45) is -0.863. The van der Waals surface area contributed by atoms with Crippen LogP contribution in [0, 0.1) is 0 Å². The summed E-state index contributed by atoms with van der Waals surface area (Å²) in [5, 5.41) is 19.9. The van der Waals surface area contributed by atoms with Crippen LogP contribution >= 0.6 is 0 Å². The summed E-state index contributed by atoms with van der Waals surface area (Å²) in [5.41, 5.74) is 1.12. The average molecular weight is 266 g/mol. The van der Waals surface area contributed by atoms with Gasteiger partial charge in [0.2, 0.25) is 0 Å². The third-order valence-corrected chi connectivity index (χ3v) is 2.66. The van der Waals surface area contributed by atoms with Gasteiger partial charge in [-0.05, 0) is 12.0 Å². The molecule has 0 unspecified atom stereocenters. The van der Waals surface area contributed by atoms with E-state index in [2.05, 4.69) is 5.32 Å². The molecular weight excluding hydrogens is 248 g/mol. The van der Waals surface area contributed by atoms with Gasteiger partial charge in [0, 0.05) is 13.6 Å². The second-order valence-electron chi connectivity index (χ2n) is 4.20. The standard InChI is InChI=1S/C13H18N2O4/c1-15(8-7-10-5-3-2-4-6-10)13(19)14-9-11(16)12(17)18/h2-6,11,16H,7-9H2,1H3,(H,14,19)(H,17,18)/t11-/m0/s1. The van der Waals surface area contributed by atoms with Crippen LogP contribution in [0.5, 0.6) is 0 Å².